The van der Waals surface area contributed by atoms with E-state index in [1.165, 1.54) is 38.5 Å². The maximum atomic E-state index is 6.07. The minimum absolute atomic E-state index is 0.473. The van der Waals surface area contributed by atoms with Gasteiger partial charge in [0.25, 0.3) is 0 Å². The molecule has 0 amide bonds. The molecule has 1 fully saturated rings. The lowest BCUT2D eigenvalue weighted by molar-refractivity contribution is 0.0501. The molecule has 0 radical (unpaired) electrons. The minimum atomic E-state index is 0.473. The van der Waals surface area contributed by atoms with Gasteiger partial charge < -0.3 is 10.1 Å². The zero-order chi connectivity index (χ0) is 12.6. The van der Waals surface area contributed by atoms with Gasteiger partial charge in [-0.2, -0.15) is 0 Å². The van der Waals surface area contributed by atoms with Crippen LogP contribution in [0.25, 0.3) is 0 Å². The number of benzene rings is 1. The van der Waals surface area contributed by atoms with Gasteiger partial charge in [-0.15, -0.1) is 0 Å². The molecule has 0 saturated heterocycles. The van der Waals surface area contributed by atoms with Gasteiger partial charge >= 0.3 is 0 Å². The van der Waals surface area contributed by atoms with Crippen molar-refractivity contribution < 1.29 is 4.74 Å². The summed E-state index contributed by atoms with van der Waals surface area (Å²) in [6.07, 6.45) is 8.32. The third-order valence-electron chi connectivity index (χ3n) is 3.45. The van der Waals surface area contributed by atoms with Gasteiger partial charge in [0.05, 0.1) is 23.4 Å². The van der Waals surface area contributed by atoms with Crippen LogP contribution in [0, 0.1) is 0 Å². The Balaban J connectivity index is 1.65. The van der Waals surface area contributed by atoms with Crippen molar-refractivity contribution in [2.24, 2.45) is 0 Å². The van der Waals surface area contributed by atoms with Crippen LogP contribution in [-0.4, -0.2) is 19.3 Å². The van der Waals surface area contributed by atoms with Crippen LogP contribution in [0.5, 0.6) is 0 Å². The van der Waals surface area contributed by atoms with Crippen molar-refractivity contribution in [3.8, 4) is 0 Å². The Labute approximate surface area is 115 Å². The first-order chi connectivity index (χ1) is 8.86. The molecule has 1 aliphatic rings. The predicted octanol–water partition coefficient (Wildman–Crippen LogP) is 4.49. The topological polar surface area (TPSA) is 21.3 Å². The summed E-state index contributed by atoms with van der Waals surface area (Å²) in [4.78, 5) is 0. The van der Waals surface area contributed by atoms with E-state index in [4.69, 9.17) is 16.3 Å². The lowest BCUT2D eigenvalue weighted by atomic mass is 10.1. The first-order valence-electron chi connectivity index (χ1n) is 6.96. The Morgan fingerprint density at radius 1 is 1.11 bits per heavy atom. The molecule has 1 aromatic rings. The molecule has 100 valence electrons. The molecule has 0 bridgehead atoms. The molecule has 0 aliphatic heterocycles. The van der Waals surface area contributed by atoms with E-state index in [0.717, 1.165) is 23.9 Å². The molecule has 1 saturated carbocycles. The fraction of sp³-hybridized carbons (Fsp3) is 0.600. The second kappa shape index (κ2) is 7.65. The van der Waals surface area contributed by atoms with Gasteiger partial charge in [0.2, 0.25) is 0 Å². The summed E-state index contributed by atoms with van der Waals surface area (Å²) in [6, 6.07) is 7.82. The number of hydrogen-bond donors (Lipinski definition) is 1. The molecule has 18 heavy (non-hydrogen) atoms. The third-order valence-corrected chi connectivity index (χ3v) is 3.78. The van der Waals surface area contributed by atoms with E-state index in [-0.39, 0.29) is 0 Å². The molecule has 0 unspecified atom stereocenters. The molecule has 2 nitrogen and oxygen atoms in total. The maximum absolute atomic E-state index is 6.07. The van der Waals surface area contributed by atoms with E-state index in [1.54, 1.807) is 0 Å². The Kier molecular flexibility index (Phi) is 5.82. The molecule has 1 aliphatic carbocycles. The van der Waals surface area contributed by atoms with E-state index in [2.05, 4.69) is 5.32 Å². The number of hydrogen-bond acceptors (Lipinski definition) is 2. The van der Waals surface area contributed by atoms with Crippen LogP contribution in [0.1, 0.15) is 38.5 Å². The fourth-order valence-electron chi connectivity index (χ4n) is 2.42. The summed E-state index contributed by atoms with van der Waals surface area (Å²) in [5, 5.41) is 4.08. The Morgan fingerprint density at radius 2 is 1.83 bits per heavy atom. The number of anilines is 1. The third kappa shape index (κ3) is 4.51. The summed E-state index contributed by atoms with van der Waals surface area (Å²) >= 11 is 6.07. The van der Waals surface area contributed by atoms with Crippen LogP contribution in [-0.2, 0) is 4.74 Å². The first kappa shape index (κ1) is 13.7. The SMILES string of the molecule is Clc1ccccc1NCCOC1CCCCCC1. The van der Waals surface area contributed by atoms with Gasteiger partial charge in [0, 0.05) is 6.54 Å². The molecule has 0 atom stereocenters. The van der Waals surface area contributed by atoms with Gasteiger partial charge in [0.1, 0.15) is 0 Å². The van der Waals surface area contributed by atoms with Gasteiger partial charge in [0.15, 0.2) is 0 Å². The highest BCUT2D eigenvalue weighted by molar-refractivity contribution is 6.33. The summed E-state index contributed by atoms with van der Waals surface area (Å²) in [5.41, 5.74) is 0.989. The molecule has 3 heteroatoms. The minimum Gasteiger partial charge on any atom is -0.382 e. The molecular weight excluding hydrogens is 246 g/mol. The average Bonchev–Trinajstić information content (AvgIpc) is 2.65. The van der Waals surface area contributed by atoms with Crippen molar-refractivity contribution in [3.63, 3.8) is 0 Å². The van der Waals surface area contributed by atoms with Crippen LogP contribution < -0.4 is 5.32 Å². The highest BCUT2D eigenvalue weighted by atomic mass is 35.5. The van der Waals surface area contributed by atoms with Crippen molar-refractivity contribution in [1.29, 1.82) is 0 Å². The van der Waals surface area contributed by atoms with Crippen molar-refractivity contribution in [1.82, 2.24) is 0 Å². The van der Waals surface area contributed by atoms with Gasteiger partial charge in [-0.05, 0) is 25.0 Å². The predicted molar refractivity (Wildman–Crippen MR) is 77.4 cm³/mol. The summed E-state index contributed by atoms with van der Waals surface area (Å²) in [7, 11) is 0. The summed E-state index contributed by atoms with van der Waals surface area (Å²) in [6.45, 7) is 1.58. The number of ether oxygens (including phenoxy) is 1. The standard InChI is InChI=1S/C15H22ClNO/c16-14-9-5-6-10-15(14)17-11-12-18-13-7-3-1-2-4-8-13/h5-6,9-10,13,17H,1-4,7-8,11-12H2. The monoisotopic (exact) mass is 267 g/mol. The average molecular weight is 268 g/mol. The largest absolute Gasteiger partial charge is 0.382 e. The van der Waals surface area contributed by atoms with Crippen LogP contribution in [0.2, 0.25) is 5.02 Å². The van der Waals surface area contributed by atoms with E-state index in [0.29, 0.717) is 6.10 Å². The van der Waals surface area contributed by atoms with E-state index in [9.17, 15) is 0 Å². The number of para-hydroxylation sites is 1. The number of halogens is 1. The number of nitrogens with one attached hydrogen (secondary N) is 1. The van der Waals surface area contributed by atoms with Crippen LogP contribution >= 0.6 is 11.6 Å². The molecule has 2 rings (SSSR count). The van der Waals surface area contributed by atoms with Gasteiger partial charge in [-0.3, -0.25) is 0 Å². The van der Waals surface area contributed by atoms with Crippen molar-refractivity contribution in [2.45, 2.75) is 44.6 Å². The zero-order valence-electron chi connectivity index (χ0n) is 10.8. The maximum Gasteiger partial charge on any atom is 0.0642 e. The Morgan fingerprint density at radius 3 is 2.56 bits per heavy atom. The smallest absolute Gasteiger partial charge is 0.0642 e. The van der Waals surface area contributed by atoms with Gasteiger partial charge in [-0.1, -0.05) is 49.4 Å². The highest BCUT2D eigenvalue weighted by Gasteiger charge is 2.11. The van der Waals surface area contributed by atoms with E-state index < -0.39 is 0 Å². The Bertz CT molecular complexity index is 348. The normalized spacial score (nSPS) is 17.4. The highest BCUT2D eigenvalue weighted by Crippen LogP contribution is 2.21. The van der Waals surface area contributed by atoms with Crippen LogP contribution in [0.15, 0.2) is 24.3 Å². The summed E-state index contributed by atoms with van der Waals surface area (Å²) in [5.74, 6) is 0. The molecule has 0 aromatic heterocycles. The molecule has 0 heterocycles. The second-order valence-corrected chi connectivity index (χ2v) is 5.30. The van der Waals surface area contributed by atoms with Gasteiger partial charge in [-0.25, -0.2) is 0 Å². The summed E-state index contributed by atoms with van der Waals surface area (Å²) < 4.78 is 5.92. The lowest BCUT2D eigenvalue weighted by Gasteiger charge is -2.16. The fourth-order valence-corrected chi connectivity index (χ4v) is 2.63. The van der Waals surface area contributed by atoms with Crippen LogP contribution in [0.4, 0.5) is 5.69 Å². The van der Waals surface area contributed by atoms with Crippen molar-refractivity contribution in [3.05, 3.63) is 29.3 Å². The van der Waals surface area contributed by atoms with Crippen molar-refractivity contribution >= 4 is 17.3 Å². The number of rotatable bonds is 5. The second-order valence-electron chi connectivity index (χ2n) is 4.89. The van der Waals surface area contributed by atoms with Crippen LogP contribution in [0.3, 0.4) is 0 Å². The molecule has 1 aromatic carbocycles. The lowest BCUT2D eigenvalue weighted by Crippen LogP contribution is -2.17. The first-order valence-corrected chi connectivity index (χ1v) is 7.34. The molecule has 0 spiro atoms. The zero-order valence-corrected chi connectivity index (χ0v) is 11.6. The van der Waals surface area contributed by atoms with Crippen molar-refractivity contribution in [2.75, 3.05) is 18.5 Å². The molecule has 1 N–H and O–H groups in total. The van der Waals surface area contributed by atoms with E-state index in [1.807, 2.05) is 24.3 Å². The van der Waals surface area contributed by atoms with E-state index >= 15 is 0 Å². The Hall–Kier alpha value is -0.730. The quantitative estimate of drug-likeness (QED) is 0.627. The molecular formula is C15H22ClNO.